The molecular formula is C33H47ClN6O2. The van der Waals surface area contributed by atoms with Crippen LogP contribution in [0.5, 0.6) is 0 Å². The lowest BCUT2D eigenvalue weighted by molar-refractivity contribution is -0.138. The Hall–Kier alpha value is -2.74. The topological polar surface area (TPSA) is 93.0 Å². The maximum Gasteiger partial charge on any atom is 0.247 e. The maximum absolute atomic E-state index is 14.3. The van der Waals surface area contributed by atoms with E-state index in [4.69, 9.17) is 11.6 Å². The first-order valence-corrected chi connectivity index (χ1v) is 16.5. The quantitative estimate of drug-likeness (QED) is 0.372. The lowest BCUT2D eigenvalue weighted by Gasteiger charge is -2.39. The van der Waals surface area contributed by atoms with Gasteiger partial charge in [-0.25, -0.2) is 0 Å². The number of rotatable bonds is 6. The number of carbonyl (C=O) groups is 2. The van der Waals surface area contributed by atoms with Crippen LogP contribution in [0.3, 0.4) is 0 Å². The number of likely N-dealkylation sites (tertiary alicyclic amines) is 1. The highest BCUT2D eigenvalue weighted by Gasteiger charge is 2.46. The molecule has 1 aliphatic heterocycles. The molecule has 4 atom stereocenters. The Morgan fingerprint density at radius 2 is 1.76 bits per heavy atom. The summed E-state index contributed by atoms with van der Waals surface area (Å²) in [6.45, 7) is 5.16. The third kappa shape index (κ3) is 7.61. The van der Waals surface area contributed by atoms with Gasteiger partial charge in [0.05, 0.1) is 5.69 Å². The Balaban J connectivity index is 1.38. The number of tetrazole rings is 1. The van der Waals surface area contributed by atoms with Gasteiger partial charge in [0, 0.05) is 28.7 Å². The lowest BCUT2D eigenvalue weighted by Crippen LogP contribution is -2.56. The molecule has 0 radical (unpaired) electrons. The Bertz CT molecular complexity index is 1230. The fourth-order valence-corrected chi connectivity index (χ4v) is 8.03. The van der Waals surface area contributed by atoms with Crippen molar-refractivity contribution in [3.63, 3.8) is 0 Å². The minimum absolute atomic E-state index is 0.0358. The van der Waals surface area contributed by atoms with Gasteiger partial charge in [0.15, 0.2) is 0 Å². The van der Waals surface area contributed by atoms with Crippen LogP contribution in [0.1, 0.15) is 109 Å². The summed E-state index contributed by atoms with van der Waals surface area (Å²) in [5.41, 5.74) is 1.21. The zero-order valence-electron chi connectivity index (χ0n) is 25.3. The van der Waals surface area contributed by atoms with Gasteiger partial charge in [0.2, 0.25) is 11.8 Å². The molecule has 0 bridgehead atoms. The van der Waals surface area contributed by atoms with Gasteiger partial charge >= 0.3 is 0 Å². The third-order valence-corrected chi connectivity index (χ3v) is 10.1. The van der Waals surface area contributed by atoms with Crippen molar-refractivity contribution in [1.29, 1.82) is 0 Å². The number of aromatic nitrogens is 4. The molecule has 1 N–H and O–H groups in total. The molecule has 228 valence electrons. The molecule has 2 aliphatic carbocycles. The first-order valence-electron chi connectivity index (χ1n) is 16.2. The molecule has 1 aromatic carbocycles. The predicted octanol–water partition coefficient (Wildman–Crippen LogP) is 6.77. The number of halogens is 1. The summed E-state index contributed by atoms with van der Waals surface area (Å²) in [6, 6.07) is 4.96. The van der Waals surface area contributed by atoms with E-state index >= 15 is 0 Å². The summed E-state index contributed by atoms with van der Waals surface area (Å²) in [4.78, 5) is 30.0. The molecule has 42 heavy (non-hydrogen) atoms. The van der Waals surface area contributed by atoms with Gasteiger partial charge in [-0.3, -0.25) is 9.59 Å². The van der Waals surface area contributed by atoms with Crippen LogP contribution in [0.2, 0.25) is 5.02 Å². The lowest BCUT2D eigenvalue weighted by atomic mass is 9.76. The first kappa shape index (κ1) is 30.7. The van der Waals surface area contributed by atoms with Crippen LogP contribution in [-0.2, 0) is 9.59 Å². The molecule has 1 aromatic heterocycles. The van der Waals surface area contributed by atoms with Crippen molar-refractivity contribution >= 4 is 29.5 Å². The zero-order valence-corrected chi connectivity index (χ0v) is 26.1. The van der Waals surface area contributed by atoms with E-state index in [0.29, 0.717) is 23.4 Å². The van der Waals surface area contributed by atoms with Crippen molar-refractivity contribution < 1.29 is 9.59 Å². The number of nitrogens with one attached hydrogen (secondary N) is 1. The summed E-state index contributed by atoms with van der Waals surface area (Å²) in [5.74, 6) is 1.16. The van der Waals surface area contributed by atoms with Gasteiger partial charge in [-0.1, -0.05) is 89.2 Å². The van der Waals surface area contributed by atoms with Gasteiger partial charge in [-0.2, -0.15) is 4.68 Å². The van der Waals surface area contributed by atoms with E-state index in [9.17, 15) is 9.59 Å². The van der Waals surface area contributed by atoms with Crippen LogP contribution >= 0.6 is 11.6 Å². The van der Waals surface area contributed by atoms with Crippen molar-refractivity contribution in [1.82, 2.24) is 30.4 Å². The van der Waals surface area contributed by atoms with E-state index in [1.807, 2.05) is 11.0 Å². The predicted molar refractivity (Wildman–Crippen MR) is 166 cm³/mol. The van der Waals surface area contributed by atoms with E-state index in [0.717, 1.165) is 49.8 Å². The summed E-state index contributed by atoms with van der Waals surface area (Å²) in [6.07, 6.45) is 21.1. The molecule has 2 aromatic rings. The largest absolute Gasteiger partial charge is 0.349 e. The molecule has 0 spiro atoms. The molecule has 2 unspecified atom stereocenters. The van der Waals surface area contributed by atoms with E-state index in [1.165, 1.54) is 57.7 Å². The van der Waals surface area contributed by atoms with Crippen LogP contribution in [0.4, 0.5) is 0 Å². The summed E-state index contributed by atoms with van der Waals surface area (Å²) < 4.78 is 1.55. The van der Waals surface area contributed by atoms with Crippen molar-refractivity contribution in [3.05, 3.63) is 41.2 Å². The number of benzene rings is 1. The summed E-state index contributed by atoms with van der Waals surface area (Å²) in [5, 5.41) is 15.6. The second-order valence-electron chi connectivity index (χ2n) is 13.3. The third-order valence-electron chi connectivity index (χ3n) is 9.89. The first-order chi connectivity index (χ1) is 20.3. The molecule has 2 saturated carbocycles. The Morgan fingerprint density at radius 3 is 2.55 bits per heavy atom. The number of hydrogen-bond donors (Lipinski definition) is 1. The van der Waals surface area contributed by atoms with Crippen molar-refractivity contribution in [2.75, 3.05) is 6.54 Å². The molecule has 8 nitrogen and oxygen atoms in total. The van der Waals surface area contributed by atoms with Gasteiger partial charge in [-0.15, -0.1) is 5.10 Å². The number of carbonyl (C=O) groups excluding carboxylic acids is 2. The maximum atomic E-state index is 14.3. The van der Waals surface area contributed by atoms with Gasteiger partial charge in [0.1, 0.15) is 12.4 Å². The SMILES string of the molecule is CC1CCCCCCCC(C)(NC(=O)[C@@H]2[C@H](C3CCCCC3)CCN2C(=O)/C=C/c2cc(Cl)ccc2-n2cnnn2)C1. The number of nitrogens with zero attached hydrogens (tertiary/aromatic N) is 5. The molecule has 1 saturated heterocycles. The summed E-state index contributed by atoms with van der Waals surface area (Å²) in [7, 11) is 0. The Labute approximate surface area is 255 Å². The van der Waals surface area contributed by atoms with E-state index in [2.05, 4.69) is 34.7 Å². The highest BCUT2D eigenvalue weighted by molar-refractivity contribution is 6.30. The monoisotopic (exact) mass is 594 g/mol. The molecular weight excluding hydrogens is 548 g/mol. The average molecular weight is 595 g/mol. The Kier molecular flexibility index (Phi) is 10.3. The number of amides is 2. The van der Waals surface area contributed by atoms with E-state index in [1.54, 1.807) is 29.0 Å². The standard InChI is InChI=1S/C33H47ClN6O2/c1-24-11-7-4-3-5-10-19-33(2,22-24)36-32(42)31-28(25-12-8-6-9-13-25)18-20-39(31)30(41)17-14-26-21-27(34)15-16-29(26)40-23-35-37-38-40/h14-17,21,23-25,28,31H,3-13,18-20,22H2,1-2H3,(H,36,42)/b17-14+/t24?,28-,31-,33?/m0/s1. The molecule has 3 aliphatic rings. The van der Waals surface area contributed by atoms with Crippen molar-refractivity contribution in [3.8, 4) is 5.69 Å². The van der Waals surface area contributed by atoms with Crippen LogP contribution in [-0.4, -0.2) is 55.0 Å². The van der Waals surface area contributed by atoms with E-state index < -0.39 is 6.04 Å². The Morgan fingerprint density at radius 1 is 1.02 bits per heavy atom. The molecule has 3 fully saturated rings. The van der Waals surface area contributed by atoms with E-state index in [-0.39, 0.29) is 23.3 Å². The van der Waals surface area contributed by atoms with Gasteiger partial charge < -0.3 is 10.2 Å². The molecule has 5 rings (SSSR count). The second kappa shape index (κ2) is 14.2. The fourth-order valence-electron chi connectivity index (χ4n) is 7.85. The zero-order chi connectivity index (χ0) is 29.5. The molecule has 2 amide bonds. The highest BCUT2D eigenvalue weighted by atomic mass is 35.5. The van der Waals surface area contributed by atoms with Crippen LogP contribution < -0.4 is 5.32 Å². The normalized spacial score (nSPS) is 28.2. The average Bonchev–Trinajstić information content (AvgIpc) is 3.67. The fraction of sp³-hybridized carbons (Fsp3) is 0.667. The summed E-state index contributed by atoms with van der Waals surface area (Å²) >= 11 is 6.30. The smallest absolute Gasteiger partial charge is 0.247 e. The van der Waals surface area contributed by atoms with Gasteiger partial charge in [0.25, 0.3) is 0 Å². The van der Waals surface area contributed by atoms with Crippen LogP contribution in [0, 0.1) is 17.8 Å². The second-order valence-corrected chi connectivity index (χ2v) is 13.7. The van der Waals surface area contributed by atoms with Crippen LogP contribution in [0.15, 0.2) is 30.6 Å². The molecule has 9 heteroatoms. The highest BCUT2D eigenvalue weighted by Crippen LogP contribution is 2.40. The minimum atomic E-state index is -0.439. The van der Waals surface area contributed by atoms with Gasteiger partial charge in [-0.05, 0) is 78.6 Å². The molecule has 2 heterocycles. The minimum Gasteiger partial charge on any atom is -0.349 e. The van der Waals surface area contributed by atoms with Crippen molar-refractivity contribution in [2.24, 2.45) is 17.8 Å². The van der Waals surface area contributed by atoms with Crippen LogP contribution in [0.25, 0.3) is 11.8 Å². The van der Waals surface area contributed by atoms with Crippen molar-refractivity contribution in [2.45, 2.75) is 115 Å². The number of hydrogen-bond acceptors (Lipinski definition) is 5.